The van der Waals surface area contributed by atoms with Gasteiger partial charge in [-0.1, -0.05) is 24.8 Å². The van der Waals surface area contributed by atoms with Crippen LogP contribution in [0, 0.1) is 0 Å². The summed E-state index contributed by atoms with van der Waals surface area (Å²) in [5.41, 5.74) is 4.11. The molecule has 0 spiro atoms. The van der Waals surface area contributed by atoms with Gasteiger partial charge in [0.05, 0.1) is 16.7 Å². The molecular weight excluding hydrogens is 364 g/mol. The molecule has 144 valence electrons. The minimum absolute atomic E-state index is 0.148. The van der Waals surface area contributed by atoms with Gasteiger partial charge in [0, 0.05) is 30.6 Å². The Balaban J connectivity index is 1.54. The maximum absolute atomic E-state index is 12.5. The molecule has 29 heavy (non-hydrogen) atoms. The second-order valence-corrected chi connectivity index (χ2v) is 6.46. The van der Waals surface area contributed by atoms with E-state index < -0.39 is 0 Å². The topological polar surface area (TPSA) is 69.0 Å². The number of hydrogen-bond acceptors (Lipinski definition) is 4. The highest BCUT2D eigenvalue weighted by molar-refractivity contribution is 5.97. The maximum atomic E-state index is 12.5. The first kappa shape index (κ1) is 18.4. The third-order valence-corrected chi connectivity index (χ3v) is 4.45. The molecule has 0 aliphatic heterocycles. The lowest BCUT2D eigenvalue weighted by Gasteiger charge is -2.08. The fourth-order valence-corrected chi connectivity index (χ4v) is 3.03. The average molecular weight is 384 g/mol. The van der Waals surface area contributed by atoms with Crippen LogP contribution in [-0.4, -0.2) is 27.0 Å². The lowest BCUT2D eigenvalue weighted by Crippen LogP contribution is -2.22. The molecule has 0 aliphatic carbocycles. The molecule has 1 N–H and O–H groups in total. The summed E-state index contributed by atoms with van der Waals surface area (Å²) in [5, 5.41) is 2.91. The van der Waals surface area contributed by atoms with E-state index in [2.05, 4.69) is 21.9 Å². The number of ether oxygens (including phenoxy) is 1. The Hall–Kier alpha value is -3.93. The smallest absolute Gasteiger partial charge is 0.251 e. The van der Waals surface area contributed by atoms with Crippen molar-refractivity contribution in [2.45, 2.75) is 6.54 Å². The van der Waals surface area contributed by atoms with Crippen LogP contribution in [-0.2, 0) is 6.54 Å². The van der Waals surface area contributed by atoms with Crippen molar-refractivity contribution >= 4 is 16.9 Å². The summed E-state index contributed by atoms with van der Waals surface area (Å²) in [7, 11) is 0. The van der Waals surface area contributed by atoms with Crippen LogP contribution < -0.4 is 10.1 Å². The number of amides is 1. The molecule has 0 aliphatic rings. The minimum atomic E-state index is -0.148. The molecule has 2 aromatic heterocycles. The van der Waals surface area contributed by atoms with Gasteiger partial charge in [0.1, 0.15) is 18.7 Å². The molecule has 6 nitrogen and oxygen atoms in total. The zero-order valence-electron chi connectivity index (χ0n) is 15.8. The monoisotopic (exact) mass is 384 g/mol. The molecular formula is C23H20N4O2. The van der Waals surface area contributed by atoms with E-state index in [1.807, 2.05) is 47.0 Å². The summed E-state index contributed by atoms with van der Waals surface area (Å²) in [6.45, 7) is 4.54. The Morgan fingerprint density at radius 3 is 2.93 bits per heavy atom. The van der Waals surface area contributed by atoms with E-state index in [0.29, 0.717) is 18.7 Å². The number of benzene rings is 2. The van der Waals surface area contributed by atoms with Crippen molar-refractivity contribution in [3.05, 3.63) is 97.1 Å². The average Bonchev–Trinajstić information content (AvgIpc) is 3.20. The van der Waals surface area contributed by atoms with Crippen LogP contribution in [0.1, 0.15) is 15.9 Å². The molecule has 2 aromatic carbocycles. The number of carbonyl (C=O) groups excluding carboxylic acids is 1. The normalized spacial score (nSPS) is 10.6. The van der Waals surface area contributed by atoms with Gasteiger partial charge < -0.3 is 10.1 Å². The van der Waals surface area contributed by atoms with E-state index in [0.717, 1.165) is 28.0 Å². The van der Waals surface area contributed by atoms with Gasteiger partial charge in [-0.2, -0.15) is 0 Å². The van der Waals surface area contributed by atoms with Gasteiger partial charge in [-0.05, 0) is 42.0 Å². The number of imidazole rings is 1. The first-order valence-electron chi connectivity index (χ1n) is 9.23. The summed E-state index contributed by atoms with van der Waals surface area (Å²) in [5.74, 6) is 0.612. The highest BCUT2D eigenvalue weighted by Gasteiger charge is 2.10. The Kier molecular flexibility index (Phi) is 5.33. The highest BCUT2D eigenvalue weighted by Crippen LogP contribution is 2.22. The lowest BCUT2D eigenvalue weighted by atomic mass is 10.1. The van der Waals surface area contributed by atoms with Crippen molar-refractivity contribution in [1.29, 1.82) is 0 Å². The number of aromatic nitrogens is 3. The summed E-state index contributed by atoms with van der Waals surface area (Å²) in [6.07, 6.45) is 6.89. The first-order valence-corrected chi connectivity index (χ1v) is 9.23. The standard InChI is InChI=1S/C23H20N4O2/c1-2-11-29-20-7-3-6-19(13-20)27-16-26-21-12-18(8-9-22(21)27)23(28)25-15-17-5-4-10-24-14-17/h2-10,12-14,16H,1,11,15H2,(H,25,28). The van der Waals surface area contributed by atoms with Crippen molar-refractivity contribution in [3.8, 4) is 11.4 Å². The van der Waals surface area contributed by atoms with Crippen LogP contribution >= 0.6 is 0 Å². The fraction of sp³-hybridized carbons (Fsp3) is 0.0870. The van der Waals surface area contributed by atoms with E-state index in [9.17, 15) is 4.79 Å². The van der Waals surface area contributed by atoms with Gasteiger partial charge in [-0.25, -0.2) is 4.98 Å². The molecule has 0 radical (unpaired) electrons. The van der Waals surface area contributed by atoms with Gasteiger partial charge >= 0.3 is 0 Å². The summed E-state index contributed by atoms with van der Waals surface area (Å²) < 4.78 is 7.58. The third kappa shape index (κ3) is 4.16. The van der Waals surface area contributed by atoms with Gasteiger partial charge in [-0.3, -0.25) is 14.3 Å². The number of carbonyl (C=O) groups is 1. The van der Waals surface area contributed by atoms with Gasteiger partial charge in [0.15, 0.2) is 0 Å². The largest absolute Gasteiger partial charge is 0.489 e. The van der Waals surface area contributed by atoms with Crippen molar-refractivity contribution in [2.75, 3.05) is 6.61 Å². The predicted octanol–water partition coefficient (Wildman–Crippen LogP) is 3.92. The molecule has 4 rings (SSSR count). The van der Waals surface area contributed by atoms with Crippen LogP contribution in [0.3, 0.4) is 0 Å². The third-order valence-electron chi connectivity index (χ3n) is 4.45. The molecule has 0 unspecified atom stereocenters. The number of rotatable bonds is 7. The van der Waals surface area contributed by atoms with Crippen LogP contribution in [0.2, 0.25) is 0 Å². The van der Waals surface area contributed by atoms with Crippen LogP contribution in [0.4, 0.5) is 0 Å². The van der Waals surface area contributed by atoms with Crippen molar-refractivity contribution in [1.82, 2.24) is 19.9 Å². The molecule has 2 heterocycles. The maximum Gasteiger partial charge on any atom is 0.251 e. The van der Waals surface area contributed by atoms with Crippen LogP contribution in [0.5, 0.6) is 5.75 Å². The molecule has 0 fully saturated rings. The van der Waals surface area contributed by atoms with Crippen molar-refractivity contribution in [2.24, 2.45) is 0 Å². The summed E-state index contributed by atoms with van der Waals surface area (Å²) >= 11 is 0. The first-order chi connectivity index (χ1) is 14.2. The second kappa shape index (κ2) is 8.39. The number of fused-ring (bicyclic) bond motifs is 1. The predicted molar refractivity (Wildman–Crippen MR) is 112 cm³/mol. The van der Waals surface area contributed by atoms with E-state index in [4.69, 9.17) is 4.74 Å². The Bertz CT molecular complexity index is 1150. The lowest BCUT2D eigenvalue weighted by molar-refractivity contribution is 0.0951. The van der Waals surface area contributed by atoms with Gasteiger partial charge in [0.25, 0.3) is 5.91 Å². The Morgan fingerprint density at radius 2 is 2.10 bits per heavy atom. The number of hydrogen-bond donors (Lipinski definition) is 1. The fourth-order valence-electron chi connectivity index (χ4n) is 3.03. The molecule has 6 heteroatoms. The van der Waals surface area contributed by atoms with E-state index in [1.54, 1.807) is 36.9 Å². The number of nitrogens with zero attached hydrogens (tertiary/aromatic N) is 3. The molecule has 4 aromatic rings. The quantitative estimate of drug-likeness (QED) is 0.491. The number of nitrogens with one attached hydrogen (secondary N) is 1. The minimum Gasteiger partial charge on any atom is -0.489 e. The number of pyridine rings is 1. The molecule has 0 atom stereocenters. The summed E-state index contributed by atoms with van der Waals surface area (Å²) in [6, 6.07) is 17.0. The van der Waals surface area contributed by atoms with Gasteiger partial charge in [0.2, 0.25) is 0 Å². The molecule has 0 saturated carbocycles. The Labute approximate surface area is 168 Å². The summed E-state index contributed by atoms with van der Waals surface area (Å²) in [4.78, 5) is 21.0. The zero-order chi connectivity index (χ0) is 20.1. The molecule has 0 bridgehead atoms. The zero-order valence-corrected chi connectivity index (χ0v) is 15.8. The van der Waals surface area contributed by atoms with E-state index in [1.165, 1.54) is 0 Å². The van der Waals surface area contributed by atoms with E-state index >= 15 is 0 Å². The molecule has 1 amide bonds. The van der Waals surface area contributed by atoms with Gasteiger partial charge in [-0.15, -0.1) is 0 Å². The second-order valence-electron chi connectivity index (χ2n) is 6.46. The van der Waals surface area contributed by atoms with Crippen LogP contribution in [0.25, 0.3) is 16.7 Å². The van der Waals surface area contributed by atoms with Crippen molar-refractivity contribution in [3.63, 3.8) is 0 Å². The van der Waals surface area contributed by atoms with Crippen LogP contribution in [0.15, 0.2) is 86.0 Å². The Morgan fingerprint density at radius 1 is 1.17 bits per heavy atom. The SMILES string of the molecule is C=CCOc1cccc(-n2cnc3cc(C(=O)NCc4cccnc4)ccc32)c1. The van der Waals surface area contributed by atoms with Crippen molar-refractivity contribution < 1.29 is 9.53 Å². The highest BCUT2D eigenvalue weighted by atomic mass is 16.5. The molecule has 0 saturated heterocycles. The van der Waals surface area contributed by atoms with E-state index in [-0.39, 0.29) is 5.91 Å².